The van der Waals surface area contributed by atoms with Crippen LogP contribution in [0.1, 0.15) is 35.2 Å². The predicted molar refractivity (Wildman–Crippen MR) is 107 cm³/mol. The maximum Gasteiger partial charge on any atom is 0.315 e. The van der Waals surface area contributed by atoms with Gasteiger partial charge in [-0.1, -0.05) is 36.4 Å². The van der Waals surface area contributed by atoms with Crippen LogP contribution in [0.4, 0.5) is 4.79 Å². The minimum Gasteiger partial charge on any atom is -0.379 e. The lowest BCUT2D eigenvalue weighted by Gasteiger charge is -2.27. The van der Waals surface area contributed by atoms with Crippen molar-refractivity contribution in [2.24, 2.45) is 0 Å². The van der Waals surface area contributed by atoms with Gasteiger partial charge in [0.15, 0.2) is 0 Å². The van der Waals surface area contributed by atoms with Crippen LogP contribution in [0.25, 0.3) is 0 Å². The fraction of sp³-hybridized carbons (Fsp3) is 0.364. The zero-order valence-corrected chi connectivity index (χ0v) is 16.1. The smallest absolute Gasteiger partial charge is 0.315 e. The first-order valence-electron chi connectivity index (χ1n) is 9.57. The number of nitrogens with zero attached hydrogens (tertiary/aromatic N) is 2. The molecule has 6 heteroatoms. The molecule has 1 heterocycles. The van der Waals surface area contributed by atoms with Gasteiger partial charge in [0.25, 0.3) is 0 Å². The van der Waals surface area contributed by atoms with Gasteiger partial charge < -0.3 is 15.4 Å². The largest absolute Gasteiger partial charge is 0.379 e. The molecule has 1 atom stereocenters. The van der Waals surface area contributed by atoms with Crippen LogP contribution in [0.3, 0.4) is 0 Å². The molecule has 0 bridgehead atoms. The van der Waals surface area contributed by atoms with E-state index in [4.69, 9.17) is 10.00 Å². The molecule has 1 saturated heterocycles. The SMILES string of the molecule is CC(NC(=O)NCc1ccccc1CN1CCOCC1)c1ccc(C#N)cc1. The van der Waals surface area contributed by atoms with Crippen molar-refractivity contribution >= 4 is 6.03 Å². The molecule has 0 saturated carbocycles. The summed E-state index contributed by atoms with van der Waals surface area (Å²) in [6.07, 6.45) is 0. The number of nitriles is 1. The van der Waals surface area contributed by atoms with Gasteiger partial charge in [-0.25, -0.2) is 4.79 Å². The zero-order valence-electron chi connectivity index (χ0n) is 16.1. The van der Waals surface area contributed by atoms with E-state index in [0.717, 1.165) is 44.0 Å². The summed E-state index contributed by atoms with van der Waals surface area (Å²) in [4.78, 5) is 14.7. The van der Waals surface area contributed by atoms with Crippen LogP contribution in [-0.2, 0) is 17.8 Å². The highest BCUT2D eigenvalue weighted by atomic mass is 16.5. The normalized spacial score (nSPS) is 15.4. The highest BCUT2D eigenvalue weighted by Gasteiger charge is 2.14. The van der Waals surface area contributed by atoms with E-state index < -0.39 is 0 Å². The van der Waals surface area contributed by atoms with Gasteiger partial charge in [-0.2, -0.15) is 5.26 Å². The second kappa shape index (κ2) is 9.88. The van der Waals surface area contributed by atoms with Gasteiger partial charge in [0, 0.05) is 26.2 Å². The molecular weight excluding hydrogens is 352 g/mol. The number of ether oxygens (including phenoxy) is 1. The summed E-state index contributed by atoms with van der Waals surface area (Å²) < 4.78 is 5.41. The number of rotatable bonds is 6. The van der Waals surface area contributed by atoms with E-state index in [0.29, 0.717) is 12.1 Å². The van der Waals surface area contributed by atoms with Gasteiger partial charge in [0.2, 0.25) is 0 Å². The van der Waals surface area contributed by atoms with Crippen molar-refractivity contribution in [3.8, 4) is 6.07 Å². The van der Waals surface area contributed by atoms with Crippen molar-refractivity contribution in [2.75, 3.05) is 26.3 Å². The summed E-state index contributed by atoms with van der Waals surface area (Å²) in [5.41, 5.74) is 3.92. The standard InChI is InChI=1S/C22H26N4O2/c1-17(19-8-6-18(14-23)7-9-19)25-22(27)24-15-20-4-2-3-5-21(20)16-26-10-12-28-13-11-26/h2-9,17H,10-13,15-16H2,1H3,(H2,24,25,27). The third kappa shape index (κ3) is 5.56. The molecule has 2 aromatic rings. The molecule has 0 radical (unpaired) electrons. The minimum absolute atomic E-state index is 0.142. The molecule has 1 fully saturated rings. The van der Waals surface area contributed by atoms with E-state index in [1.807, 2.05) is 31.2 Å². The number of hydrogen-bond donors (Lipinski definition) is 2. The highest BCUT2D eigenvalue weighted by molar-refractivity contribution is 5.74. The number of urea groups is 1. The zero-order chi connectivity index (χ0) is 19.8. The molecule has 1 aliphatic heterocycles. The summed E-state index contributed by atoms with van der Waals surface area (Å²) in [6.45, 7) is 6.69. The first-order valence-corrected chi connectivity index (χ1v) is 9.57. The average Bonchev–Trinajstić information content (AvgIpc) is 2.74. The molecule has 6 nitrogen and oxygen atoms in total. The maximum absolute atomic E-state index is 12.3. The number of nitrogens with one attached hydrogen (secondary N) is 2. The summed E-state index contributed by atoms with van der Waals surface area (Å²) >= 11 is 0. The summed E-state index contributed by atoms with van der Waals surface area (Å²) in [5, 5.41) is 14.8. The molecule has 0 spiro atoms. The first-order chi connectivity index (χ1) is 13.7. The second-order valence-corrected chi connectivity index (χ2v) is 6.94. The van der Waals surface area contributed by atoms with Crippen LogP contribution in [0.15, 0.2) is 48.5 Å². The molecule has 2 aromatic carbocycles. The van der Waals surface area contributed by atoms with Crippen molar-refractivity contribution in [1.29, 1.82) is 5.26 Å². The molecule has 2 N–H and O–H groups in total. The Hall–Kier alpha value is -2.88. The lowest BCUT2D eigenvalue weighted by atomic mass is 10.1. The third-order valence-electron chi connectivity index (χ3n) is 4.94. The second-order valence-electron chi connectivity index (χ2n) is 6.94. The molecule has 3 rings (SSSR count). The lowest BCUT2D eigenvalue weighted by molar-refractivity contribution is 0.0341. The van der Waals surface area contributed by atoms with Crippen LogP contribution in [0.2, 0.25) is 0 Å². The quantitative estimate of drug-likeness (QED) is 0.810. The van der Waals surface area contributed by atoms with Crippen LogP contribution in [0.5, 0.6) is 0 Å². The van der Waals surface area contributed by atoms with Crippen molar-refractivity contribution in [3.05, 3.63) is 70.8 Å². The lowest BCUT2D eigenvalue weighted by Crippen LogP contribution is -2.37. The van der Waals surface area contributed by atoms with Gasteiger partial charge >= 0.3 is 6.03 Å². The Labute approximate surface area is 166 Å². The fourth-order valence-electron chi connectivity index (χ4n) is 3.24. The van der Waals surface area contributed by atoms with E-state index in [1.165, 1.54) is 5.56 Å². The number of amides is 2. The molecular formula is C22H26N4O2. The number of carbonyl (C=O) groups excluding carboxylic acids is 1. The van der Waals surface area contributed by atoms with Crippen molar-refractivity contribution in [1.82, 2.24) is 15.5 Å². The average molecular weight is 378 g/mol. The van der Waals surface area contributed by atoms with Gasteiger partial charge in [0.1, 0.15) is 0 Å². The van der Waals surface area contributed by atoms with Gasteiger partial charge in [-0.05, 0) is 35.7 Å². The molecule has 2 amide bonds. The van der Waals surface area contributed by atoms with E-state index in [1.54, 1.807) is 12.1 Å². The number of benzene rings is 2. The van der Waals surface area contributed by atoms with Crippen LogP contribution in [-0.4, -0.2) is 37.2 Å². The Bertz CT molecular complexity index is 823. The Kier molecular flexibility index (Phi) is 7.01. The Morgan fingerprint density at radius 2 is 1.82 bits per heavy atom. The molecule has 1 aliphatic rings. The minimum atomic E-state index is -0.210. The van der Waals surface area contributed by atoms with Crippen LogP contribution < -0.4 is 10.6 Å². The Morgan fingerprint density at radius 3 is 2.50 bits per heavy atom. The van der Waals surface area contributed by atoms with Crippen molar-refractivity contribution < 1.29 is 9.53 Å². The Morgan fingerprint density at radius 1 is 1.14 bits per heavy atom. The van der Waals surface area contributed by atoms with Crippen LogP contribution >= 0.6 is 0 Å². The van der Waals surface area contributed by atoms with Gasteiger partial charge in [0.05, 0.1) is 30.9 Å². The molecule has 28 heavy (non-hydrogen) atoms. The van der Waals surface area contributed by atoms with E-state index in [-0.39, 0.29) is 12.1 Å². The molecule has 0 aromatic heterocycles. The summed E-state index contributed by atoms with van der Waals surface area (Å²) in [6, 6.07) is 17.2. The van der Waals surface area contributed by atoms with Crippen molar-refractivity contribution in [3.63, 3.8) is 0 Å². The fourth-order valence-corrected chi connectivity index (χ4v) is 3.24. The summed E-state index contributed by atoms with van der Waals surface area (Å²) in [7, 11) is 0. The molecule has 146 valence electrons. The Balaban J connectivity index is 1.53. The van der Waals surface area contributed by atoms with E-state index in [9.17, 15) is 4.79 Å². The number of morpholine rings is 1. The topological polar surface area (TPSA) is 77.4 Å². The molecule has 1 unspecified atom stereocenters. The third-order valence-corrected chi connectivity index (χ3v) is 4.94. The van der Waals surface area contributed by atoms with E-state index in [2.05, 4.69) is 33.7 Å². The predicted octanol–water partition coefficient (Wildman–Crippen LogP) is 2.95. The first kappa shape index (κ1) is 19.9. The van der Waals surface area contributed by atoms with Crippen LogP contribution in [0, 0.1) is 11.3 Å². The number of carbonyl (C=O) groups is 1. The van der Waals surface area contributed by atoms with E-state index >= 15 is 0 Å². The monoisotopic (exact) mass is 378 g/mol. The van der Waals surface area contributed by atoms with Gasteiger partial charge in [-0.15, -0.1) is 0 Å². The van der Waals surface area contributed by atoms with Crippen molar-refractivity contribution in [2.45, 2.75) is 26.1 Å². The maximum atomic E-state index is 12.3. The summed E-state index contributed by atoms with van der Waals surface area (Å²) in [5.74, 6) is 0. The molecule has 0 aliphatic carbocycles. The highest BCUT2D eigenvalue weighted by Crippen LogP contribution is 2.14. The van der Waals surface area contributed by atoms with Gasteiger partial charge in [-0.3, -0.25) is 4.90 Å². The number of hydrogen-bond acceptors (Lipinski definition) is 4.